The average Bonchev–Trinajstić information content (AvgIpc) is 2.65. The summed E-state index contributed by atoms with van der Waals surface area (Å²) in [6, 6.07) is 0. The summed E-state index contributed by atoms with van der Waals surface area (Å²) in [5.74, 6) is -4.03. The Kier molecular flexibility index (Phi) is 6.33. The van der Waals surface area contributed by atoms with E-state index in [9.17, 15) is 29.4 Å². The molecule has 0 atom stereocenters. The summed E-state index contributed by atoms with van der Waals surface area (Å²) < 4.78 is 9.48. The Hall–Kier alpha value is -3.16. The quantitative estimate of drug-likeness (QED) is 0.486. The Morgan fingerprint density at radius 3 is 1.41 bits per heavy atom. The zero-order valence-corrected chi connectivity index (χ0v) is 15.0. The van der Waals surface area contributed by atoms with Crippen LogP contribution in [-0.4, -0.2) is 47.6 Å². The number of ether oxygens (including phenoxy) is 2. The molecular formula is C19H20O8. The number of aliphatic hydroxyl groups is 2. The summed E-state index contributed by atoms with van der Waals surface area (Å²) in [5, 5.41) is 19.7. The molecule has 8 nitrogen and oxygen atoms in total. The topological polar surface area (TPSA) is 127 Å². The third-order valence-corrected chi connectivity index (χ3v) is 4.36. The second kappa shape index (κ2) is 8.48. The number of hydrogen-bond donors (Lipinski definition) is 2. The monoisotopic (exact) mass is 376 g/mol. The first kappa shape index (κ1) is 20.2. The number of unbranched alkanes of at least 4 members (excludes halogenated alkanes) is 2. The minimum absolute atomic E-state index is 0.0273. The molecule has 0 aromatic carbocycles. The molecule has 0 radical (unpaired) electrons. The molecule has 0 unspecified atom stereocenters. The summed E-state index contributed by atoms with van der Waals surface area (Å²) in [7, 11) is 2.48. The zero-order chi connectivity index (χ0) is 20.1. The van der Waals surface area contributed by atoms with E-state index in [2.05, 4.69) is 0 Å². The Morgan fingerprint density at radius 2 is 1.07 bits per heavy atom. The molecule has 8 heteroatoms. The molecular weight excluding hydrogens is 356 g/mol. The maximum atomic E-state index is 11.9. The number of allylic oxidation sites excluding steroid dienone is 4. The van der Waals surface area contributed by atoms with Gasteiger partial charge >= 0.3 is 0 Å². The number of aliphatic hydroxyl groups excluding tert-OH is 2. The minimum Gasteiger partial charge on any atom is -0.504 e. The lowest BCUT2D eigenvalue weighted by atomic mass is 9.93. The summed E-state index contributed by atoms with van der Waals surface area (Å²) >= 11 is 0. The zero-order valence-electron chi connectivity index (χ0n) is 15.0. The molecule has 0 saturated carbocycles. The van der Waals surface area contributed by atoms with E-state index < -0.39 is 34.7 Å². The van der Waals surface area contributed by atoms with E-state index >= 15 is 0 Å². The summed E-state index contributed by atoms with van der Waals surface area (Å²) in [4.78, 5) is 47.5. The number of methoxy groups -OCH3 is 2. The van der Waals surface area contributed by atoms with Gasteiger partial charge in [-0.3, -0.25) is 19.2 Å². The van der Waals surface area contributed by atoms with Crippen LogP contribution in [0.1, 0.15) is 32.1 Å². The van der Waals surface area contributed by atoms with Crippen molar-refractivity contribution in [2.24, 2.45) is 0 Å². The molecule has 0 heterocycles. The van der Waals surface area contributed by atoms with E-state index in [0.29, 0.717) is 19.3 Å². The number of carbonyl (C=O) groups is 4. The van der Waals surface area contributed by atoms with Gasteiger partial charge in [-0.05, 0) is 25.7 Å². The van der Waals surface area contributed by atoms with Crippen molar-refractivity contribution in [2.45, 2.75) is 32.1 Å². The van der Waals surface area contributed by atoms with E-state index in [1.165, 1.54) is 14.2 Å². The highest BCUT2D eigenvalue weighted by molar-refractivity contribution is 6.21. The van der Waals surface area contributed by atoms with Crippen molar-refractivity contribution in [1.82, 2.24) is 0 Å². The molecule has 0 saturated heterocycles. The van der Waals surface area contributed by atoms with Crippen LogP contribution >= 0.6 is 0 Å². The molecule has 0 aromatic rings. The molecule has 0 spiro atoms. The van der Waals surface area contributed by atoms with Crippen LogP contribution < -0.4 is 0 Å². The number of carbonyl (C=O) groups excluding carboxylic acids is 4. The predicted molar refractivity (Wildman–Crippen MR) is 92.6 cm³/mol. The molecule has 0 aliphatic heterocycles. The smallest absolute Gasteiger partial charge is 0.262 e. The molecule has 2 aliphatic rings. The van der Waals surface area contributed by atoms with Crippen LogP contribution in [-0.2, 0) is 28.7 Å². The van der Waals surface area contributed by atoms with Crippen LogP contribution in [0.15, 0.2) is 46.3 Å². The number of Topliss-reactive ketones (excluding diaryl/α,β-unsaturated/α-hetero) is 2. The molecule has 0 bridgehead atoms. The van der Waals surface area contributed by atoms with Gasteiger partial charge in [0.1, 0.15) is 0 Å². The van der Waals surface area contributed by atoms with Gasteiger partial charge in [0.2, 0.25) is 0 Å². The van der Waals surface area contributed by atoms with Crippen molar-refractivity contribution in [3.63, 3.8) is 0 Å². The van der Waals surface area contributed by atoms with E-state index in [4.69, 9.17) is 9.47 Å². The first-order valence-electron chi connectivity index (χ1n) is 8.35. The van der Waals surface area contributed by atoms with Crippen molar-refractivity contribution in [3.8, 4) is 0 Å². The highest BCUT2D eigenvalue weighted by Crippen LogP contribution is 2.25. The molecule has 0 fully saturated rings. The van der Waals surface area contributed by atoms with E-state index in [1.54, 1.807) is 0 Å². The van der Waals surface area contributed by atoms with Crippen molar-refractivity contribution in [3.05, 3.63) is 46.3 Å². The lowest BCUT2D eigenvalue weighted by molar-refractivity contribution is -0.120. The highest BCUT2D eigenvalue weighted by Gasteiger charge is 2.30. The molecule has 144 valence electrons. The fourth-order valence-electron chi connectivity index (χ4n) is 2.85. The third-order valence-electron chi connectivity index (χ3n) is 4.36. The van der Waals surface area contributed by atoms with Gasteiger partial charge in [-0.15, -0.1) is 0 Å². The number of rotatable bonds is 8. The Balaban J connectivity index is 1.88. The summed E-state index contributed by atoms with van der Waals surface area (Å²) in [6.45, 7) is 0. The van der Waals surface area contributed by atoms with Gasteiger partial charge in [0.15, 0.2) is 34.6 Å². The van der Waals surface area contributed by atoms with Crippen LogP contribution in [0.5, 0.6) is 0 Å². The Bertz CT molecular complexity index is 755. The van der Waals surface area contributed by atoms with Crippen molar-refractivity contribution in [2.75, 3.05) is 14.2 Å². The van der Waals surface area contributed by atoms with Gasteiger partial charge in [0.25, 0.3) is 11.6 Å². The largest absolute Gasteiger partial charge is 0.504 e. The summed E-state index contributed by atoms with van der Waals surface area (Å²) in [6.07, 6.45) is 3.98. The van der Waals surface area contributed by atoms with Gasteiger partial charge in [-0.25, -0.2) is 0 Å². The van der Waals surface area contributed by atoms with Gasteiger partial charge in [-0.2, -0.15) is 0 Å². The molecule has 2 rings (SSSR count). The average molecular weight is 376 g/mol. The fraction of sp³-hybridized carbons (Fsp3) is 0.368. The standard InChI is InChI=1S/C19H20O8/c1-26-14-8-12(20)10(16(22)18(14)24)6-4-3-5-7-11-13(21)9-15(27-2)19(25)17(11)23/h8-9,22-23H,3-7H2,1-2H3. The van der Waals surface area contributed by atoms with Gasteiger partial charge < -0.3 is 19.7 Å². The highest BCUT2D eigenvalue weighted by atomic mass is 16.5. The van der Waals surface area contributed by atoms with Crippen LogP contribution in [0.25, 0.3) is 0 Å². The van der Waals surface area contributed by atoms with Crippen LogP contribution in [0.3, 0.4) is 0 Å². The molecule has 0 amide bonds. The maximum Gasteiger partial charge on any atom is 0.262 e. The third kappa shape index (κ3) is 4.16. The van der Waals surface area contributed by atoms with Crippen molar-refractivity contribution in [1.29, 1.82) is 0 Å². The first-order valence-corrected chi connectivity index (χ1v) is 8.35. The van der Waals surface area contributed by atoms with Gasteiger partial charge in [0, 0.05) is 23.3 Å². The van der Waals surface area contributed by atoms with Gasteiger partial charge in [-0.1, -0.05) is 6.42 Å². The lowest BCUT2D eigenvalue weighted by Crippen LogP contribution is -2.20. The van der Waals surface area contributed by atoms with E-state index in [0.717, 1.165) is 12.2 Å². The first-order chi connectivity index (χ1) is 12.8. The number of ketones is 4. The predicted octanol–water partition coefficient (Wildman–Crippen LogP) is 1.93. The molecule has 2 N–H and O–H groups in total. The second-order valence-corrected chi connectivity index (χ2v) is 6.03. The number of hydrogen-bond acceptors (Lipinski definition) is 8. The van der Waals surface area contributed by atoms with Crippen LogP contribution in [0, 0.1) is 0 Å². The normalized spacial score (nSPS) is 18.0. The molecule has 2 aliphatic carbocycles. The Morgan fingerprint density at radius 1 is 0.704 bits per heavy atom. The second-order valence-electron chi connectivity index (χ2n) is 6.03. The Labute approximate surface area is 155 Å². The van der Waals surface area contributed by atoms with Crippen LogP contribution in [0.4, 0.5) is 0 Å². The minimum atomic E-state index is -0.728. The molecule has 0 aromatic heterocycles. The van der Waals surface area contributed by atoms with Gasteiger partial charge in [0.05, 0.1) is 14.2 Å². The fourth-order valence-corrected chi connectivity index (χ4v) is 2.85. The van der Waals surface area contributed by atoms with Crippen LogP contribution in [0.2, 0.25) is 0 Å². The van der Waals surface area contributed by atoms with Crippen molar-refractivity contribution >= 4 is 23.1 Å². The van der Waals surface area contributed by atoms with E-state index in [1.807, 2.05) is 0 Å². The lowest BCUT2D eigenvalue weighted by Gasteiger charge is -2.15. The SMILES string of the molecule is COC1=CC(=O)C(CCCCCC2=C(O)C(=O)C(OC)=CC2=O)=C(O)C1=O. The van der Waals surface area contributed by atoms with Crippen molar-refractivity contribution < 1.29 is 38.9 Å². The summed E-state index contributed by atoms with van der Waals surface area (Å²) in [5.41, 5.74) is 0.0545. The molecule has 27 heavy (non-hydrogen) atoms. The maximum absolute atomic E-state index is 11.9. The van der Waals surface area contributed by atoms with E-state index in [-0.39, 0.29) is 35.5 Å².